The minimum atomic E-state index is -0.772. The Bertz CT molecular complexity index is 425. The summed E-state index contributed by atoms with van der Waals surface area (Å²) in [5.41, 5.74) is 0.917. The standard InChI is InChI=1S/C10H11N2O2/c13-7-9(14)6-12-10-4-2-1-3-8(10)5-11-12/h1-4,9,13-14H,6-7H2. The first-order chi connectivity index (χ1) is 6.81. The Balaban J connectivity index is 2.33. The second-order valence-electron chi connectivity index (χ2n) is 3.15. The lowest BCUT2D eigenvalue weighted by Gasteiger charge is -2.07. The van der Waals surface area contributed by atoms with E-state index < -0.39 is 6.10 Å². The van der Waals surface area contributed by atoms with Crippen LogP contribution in [0.2, 0.25) is 0 Å². The van der Waals surface area contributed by atoms with Gasteiger partial charge in [0.25, 0.3) is 0 Å². The average Bonchev–Trinajstić information content (AvgIpc) is 2.62. The van der Waals surface area contributed by atoms with E-state index in [1.54, 1.807) is 4.68 Å². The van der Waals surface area contributed by atoms with Crippen LogP contribution >= 0.6 is 0 Å². The molecule has 0 saturated carbocycles. The van der Waals surface area contributed by atoms with Gasteiger partial charge in [0, 0.05) is 5.39 Å². The highest BCUT2D eigenvalue weighted by atomic mass is 16.3. The third-order valence-electron chi connectivity index (χ3n) is 2.07. The van der Waals surface area contributed by atoms with Crippen molar-refractivity contribution in [3.05, 3.63) is 30.5 Å². The zero-order valence-corrected chi connectivity index (χ0v) is 7.59. The normalized spacial score (nSPS) is 13.3. The first-order valence-electron chi connectivity index (χ1n) is 4.43. The number of hydrogen-bond acceptors (Lipinski definition) is 3. The highest BCUT2D eigenvalue weighted by Crippen LogP contribution is 2.12. The van der Waals surface area contributed by atoms with Gasteiger partial charge in [0.15, 0.2) is 0 Å². The van der Waals surface area contributed by atoms with Gasteiger partial charge < -0.3 is 10.2 Å². The van der Waals surface area contributed by atoms with E-state index in [2.05, 4.69) is 11.3 Å². The molecule has 0 aliphatic rings. The van der Waals surface area contributed by atoms with E-state index in [4.69, 9.17) is 5.11 Å². The SMILES string of the molecule is OCC(O)Cn1n[c]c2ccccc21. The molecule has 0 spiro atoms. The van der Waals surface area contributed by atoms with Gasteiger partial charge in [0.05, 0.1) is 24.8 Å². The zero-order chi connectivity index (χ0) is 9.97. The molecule has 0 saturated heterocycles. The smallest absolute Gasteiger partial charge is 0.121 e. The van der Waals surface area contributed by atoms with Crippen molar-refractivity contribution in [1.29, 1.82) is 0 Å². The first kappa shape index (κ1) is 9.18. The van der Waals surface area contributed by atoms with Crippen LogP contribution in [0.5, 0.6) is 0 Å². The summed E-state index contributed by atoms with van der Waals surface area (Å²) in [7, 11) is 0. The Morgan fingerprint density at radius 1 is 1.43 bits per heavy atom. The van der Waals surface area contributed by atoms with E-state index in [0.717, 1.165) is 10.9 Å². The molecule has 2 N–H and O–H groups in total. The molecule has 1 unspecified atom stereocenters. The molecule has 2 rings (SSSR count). The van der Waals surface area contributed by atoms with Crippen LogP contribution in [0.25, 0.3) is 10.9 Å². The van der Waals surface area contributed by atoms with Crippen molar-refractivity contribution >= 4 is 10.9 Å². The molecule has 1 aromatic carbocycles. The van der Waals surface area contributed by atoms with Crippen LogP contribution in [-0.2, 0) is 6.54 Å². The number of benzene rings is 1. The summed E-state index contributed by atoms with van der Waals surface area (Å²) >= 11 is 0. The fourth-order valence-corrected chi connectivity index (χ4v) is 1.36. The topological polar surface area (TPSA) is 58.3 Å². The molecule has 0 aliphatic heterocycles. The summed E-state index contributed by atoms with van der Waals surface area (Å²) in [6, 6.07) is 7.63. The molecule has 4 nitrogen and oxygen atoms in total. The van der Waals surface area contributed by atoms with E-state index in [9.17, 15) is 5.11 Å². The number of fused-ring (bicyclic) bond motifs is 1. The fraction of sp³-hybridized carbons (Fsp3) is 0.300. The maximum Gasteiger partial charge on any atom is 0.121 e. The predicted molar refractivity (Wildman–Crippen MR) is 51.7 cm³/mol. The summed E-state index contributed by atoms with van der Waals surface area (Å²) in [5, 5.41) is 22.9. The van der Waals surface area contributed by atoms with Crippen LogP contribution < -0.4 is 0 Å². The Labute approximate surface area is 81.4 Å². The molecule has 1 heterocycles. The number of rotatable bonds is 3. The molecular weight excluding hydrogens is 180 g/mol. The summed E-state index contributed by atoms with van der Waals surface area (Å²) in [6.45, 7) is 0.0364. The molecule has 1 radical (unpaired) electrons. The molecule has 0 bridgehead atoms. The Morgan fingerprint density at radius 3 is 3.00 bits per heavy atom. The molecule has 73 valence electrons. The van der Waals surface area contributed by atoms with Crippen molar-refractivity contribution in [2.24, 2.45) is 0 Å². The van der Waals surface area contributed by atoms with Gasteiger partial charge in [-0.25, -0.2) is 0 Å². The van der Waals surface area contributed by atoms with Crippen LogP contribution in [0, 0.1) is 6.20 Å². The minimum absolute atomic E-state index is 0.256. The Kier molecular flexibility index (Phi) is 2.47. The van der Waals surface area contributed by atoms with Crippen molar-refractivity contribution in [3.63, 3.8) is 0 Å². The highest BCUT2D eigenvalue weighted by Gasteiger charge is 2.07. The largest absolute Gasteiger partial charge is 0.394 e. The fourth-order valence-electron chi connectivity index (χ4n) is 1.36. The van der Waals surface area contributed by atoms with Crippen LogP contribution in [0.15, 0.2) is 24.3 Å². The third kappa shape index (κ3) is 1.62. The van der Waals surface area contributed by atoms with Crippen LogP contribution in [0.3, 0.4) is 0 Å². The van der Waals surface area contributed by atoms with E-state index in [1.807, 2.05) is 24.3 Å². The number of nitrogens with zero attached hydrogens (tertiary/aromatic N) is 2. The summed E-state index contributed by atoms with van der Waals surface area (Å²) in [4.78, 5) is 0. The second kappa shape index (κ2) is 3.77. The van der Waals surface area contributed by atoms with Crippen molar-refractivity contribution in [2.45, 2.75) is 12.6 Å². The number of aromatic nitrogens is 2. The molecular formula is C10H11N2O2. The number of aliphatic hydroxyl groups is 2. The van der Waals surface area contributed by atoms with E-state index in [0.29, 0.717) is 6.54 Å². The lowest BCUT2D eigenvalue weighted by molar-refractivity contribution is 0.0793. The van der Waals surface area contributed by atoms with Gasteiger partial charge in [0.2, 0.25) is 0 Å². The molecule has 0 fully saturated rings. The van der Waals surface area contributed by atoms with Gasteiger partial charge in [-0.2, -0.15) is 5.10 Å². The molecule has 2 aromatic rings. The Hall–Kier alpha value is -1.39. The number of aliphatic hydroxyl groups excluding tert-OH is 2. The molecule has 0 aliphatic carbocycles. The average molecular weight is 191 g/mol. The minimum Gasteiger partial charge on any atom is -0.394 e. The Morgan fingerprint density at radius 2 is 2.21 bits per heavy atom. The number of hydrogen-bond donors (Lipinski definition) is 2. The van der Waals surface area contributed by atoms with Gasteiger partial charge in [-0.15, -0.1) is 0 Å². The van der Waals surface area contributed by atoms with Gasteiger partial charge >= 0.3 is 0 Å². The zero-order valence-electron chi connectivity index (χ0n) is 7.59. The lowest BCUT2D eigenvalue weighted by atomic mass is 10.2. The van der Waals surface area contributed by atoms with Crippen molar-refractivity contribution < 1.29 is 10.2 Å². The quantitative estimate of drug-likeness (QED) is 0.728. The number of para-hydroxylation sites is 1. The maximum atomic E-state index is 9.26. The monoisotopic (exact) mass is 191 g/mol. The molecule has 14 heavy (non-hydrogen) atoms. The van der Waals surface area contributed by atoms with Crippen LogP contribution in [0.4, 0.5) is 0 Å². The van der Waals surface area contributed by atoms with Crippen molar-refractivity contribution in [1.82, 2.24) is 9.78 Å². The molecule has 4 heteroatoms. The summed E-state index contributed by atoms with van der Waals surface area (Å²) < 4.78 is 1.64. The molecule has 1 aromatic heterocycles. The van der Waals surface area contributed by atoms with Crippen molar-refractivity contribution in [2.75, 3.05) is 6.61 Å². The first-order valence-corrected chi connectivity index (χ1v) is 4.43. The highest BCUT2D eigenvalue weighted by molar-refractivity contribution is 5.77. The summed E-state index contributed by atoms with van der Waals surface area (Å²) in [5.74, 6) is 0. The van der Waals surface area contributed by atoms with Gasteiger partial charge in [-0.1, -0.05) is 18.2 Å². The molecule has 1 atom stereocenters. The second-order valence-corrected chi connectivity index (χ2v) is 3.15. The van der Waals surface area contributed by atoms with Gasteiger partial charge in [-0.3, -0.25) is 4.68 Å². The van der Waals surface area contributed by atoms with Crippen molar-refractivity contribution in [3.8, 4) is 0 Å². The van der Waals surface area contributed by atoms with Crippen LogP contribution in [-0.4, -0.2) is 32.7 Å². The van der Waals surface area contributed by atoms with E-state index in [-0.39, 0.29) is 6.61 Å². The lowest BCUT2D eigenvalue weighted by Crippen LogP contribution is -2.20. The van der Waals surface area contributed by atoms with E-state index in [1.165, 1.54) is 0 Å². The molecule has 0 amide bonds. The van der Waals surface area contributed by atoms with E-state index >= 15 is 0 Å². The predicted octanol–water partition coefficient (Wildman–Crippen LogP) is 0.190. The third-order valence-corrected chi connectivity index (χ3v) is 2.07. The summed E-state index contributed by atoms with van der Waals surface area (Å²) in [6.07, 6.45) is 2.07. The maximum absolute atomic E-state index is 9.26. The van der Waals surface area contributed by atoms with Crippen LogP contribution in [0.1, 0.15) is 0 Å². The van der Waals surface area contributed by atoms with Gasteiger partial charge in [0.1, 0.15) is 6.20 Å². The van der Waals surface area contributed by atoms with Gasteiger partial charge in [-0.05, 0) is 6.07 Å².